The molecule has 186 valence electrons. The molecule has 1 aromatic heterocycles. The average molecular weight is 469 g/mol. The molecule has 2 aliphatic carbocycles. The lowest BCUT2D eigenvalue weighted by molar-refractivity contribution is -0.153. The van der Waals surface area contributed by atoms with Crippen LogP contribution in [0.3, 0.4) is 0 Å². The van der Waals surface area contributed by atoms with E-state index in [0.717, 1.165) is 104 Å². The maximum absolute atomic E-state index is 13.9. The van der Waals surface area contributed by atoms with Gasteiger partial charge in [-0.2, -0.15) is 0 Å². The molecule has 5 rings (SSSR count). The number of nitrogens with zero attached hydrogens (tertiary/aromatic N) is 3. The van der Waals surface area contributed by atoms with Crippen LogP contribution in [0.15, 0.2) is 24.5 Å². The van der Waals surface area contributed by atoms with E-state index in [2.05, 4.69) is 20.1 Å². The molecule has 0 unspecified atom stereocenters. The fourth-order valence-electron chi connectivity index (χ4n) is 6.69. The second-order valence-corrected chi connectivity index (χ2v) is 10.9. The number of morpholine rings is 1. The van der Waals surface area contributed by atoms with Crippen LogP contribution in [-0.4, -0.2) is 78.1 Å². The molecule has 4 fully saturated rings. The highest BCUT2D eigenvalue weighted by atomic mass is 16.5. The molecular formula is C27H40N4O3. The number of pyridine rings is 1. The number of ether oxygens (including phenoxy) is 1. The van der Waals surface area contributed by atoms with Crippen molar-refractivity contribution in [1.29, 1.82) is 0 Å². The summed E-state index contributed by atoms with van der Waals surface area (Å²) in [7, 11) is 0. The number of rotatable bonds is 7. The van der Waals surface area contributed by atoms with Crippen LogP contribution in [-0.2, 0) is 20.7 Å². The smallest absolute Gasteiger partial charge is 0.243 e. The molecule has 2 amide bonds. The molecule has 0 radical (unpaired) electrons. The standard InChI is InChI=1S/C27H40N4O3/c32-24(29-12-4-5-22-6-13-28-14-7-22)23-21-26(23)10-15-30(16-11-26)25(33)27(8-2-1-3-9-27)31-17-19-34-20-18-31/h6-7,13-14,23H,1-5,8-12,15-21H2,(H,29,32)/t23-/m1/s1. The van der Waals surface area contributed by atoms with Gasteiger partial charge >= 0.3 is 0 Å². The van der Waals surface area contributed by atoms with Crippen LogP contribution in [0, 0.1) is 11.3 Å². The lowest BCUT2D eigenvalue weighted by Gasteiger charge is -2.49. The number of carbonyl (C=O) groups excluding carboxylic acids is 2. The van der Waals surface area contributed by atoms with E-state index in [4.69, 9.17) is 4.74 Å². The minimum Gasteiger partial charge on any atom is -0.379 e. The maximum atomic E-state index is 13.9. The molecule has 7 heteroatoms. The van der Waals surface area contributed by atoms with Crippen molar-refractivity contribution in [2.75, 3.05) is 45.9 Å². The molecule has 1 atom stereocenters. The van der Waals surface area contributed by atoms with Crippen molar-refractivity contribution < 1.29 is 14.3 Å². The van der Waals surface area contributed by atoms with E-state index < -0.39 is 0 Å². The second kappa shape index (κ2) is 10.3. The monoisotopic (exact) mass is 468 g/mol. The number of piperidine rings is 1. The van der Waals surface area contributed by atoms with E-state index in [1.54, 1.807) is 0 Å². The van der Waals surface area contributed by atoms with Crippen molar-refractivity contribution in [3.63, 3.8) is 0 Å². The van der Waals surface area contributed by atoms with Gasteiger partial charge in [0.2, 0.25) is 11.8 Å². The summed E-state index contributed by atoms with van der Waals surface area (Å²) in [5, 5.41) is 3.17. The summed E-state index contributed by atoms with van der Waals surface area (Å²) in [6.07, 6.45) is 13.9. The first-order chi connectivity index (χ1) is 16.6. The van der Waals surface area contributed by atoms with Crippen LogP contribution in [0.2, 0.25) is 0 Å². The predicted molar refractivity (Wildman–Crippen MR) is 130 cm³/mol. The van der Waals surface area contributed by atoms with Crippen LogP contribution >= 0.6 is 0 Å². The Balaban J connectivity index is 1.10. The largest absolute Gasteiger partial charge is 0.379 e. The van der Waals surface area contributed by atoms with Crippen molar-refractivity contribution in [2.24, 2.45) is 11.3 Å². The molecule has 2 aliphatic heterocycles. The van der Waals surface area contributed by atoms with Crippen molar-refractivity contribution in [3.05, 3.63) is 30.1 Å². The Bertz CT molecular complexity index is 841. The van der Waals surface area contributed by atoms with Crippen LogP contribution in [0.5, 0.6) is 0 Å². The third kappa shape index (κ3) is 4.87. The predicted octanol–water partition coefficient (Wildman–Crippen LogP) is 2.79. The van der Waals surface area contributed by atoms with Crippen molar-refractivity contribution in [3.8, 4) is 0 Å². The van der Waals surface area contributed by atoms with Crippen molar-refractivity contribution in [2.45, 2.75) is 69.7 Å². The Morgan fingerprint density at radius 1 is 1.00 bits per heavy atom. The Kier molecular flexibility index (Phi) is 7.21. The van der Waals surface area contributed by atoms with E-state index in [0.29, 0.717) is 5.91 Å². The Morgan fingerprint density at radius 3 is 2.41 bits per heavy atom. The molecule has 1 N–H and O–H groups in total. The molecule has 7 nitrogen and oxygen atoms in total. The van der Waals surface area contributed by atoms with E-state index in [9.17, 15) is 9.59 Å². The molecule has 0 bridgehead atoms. The zero-order valence-electron chi connectivity index (χ0n) is 20.5. The fraction of sp³-hybridized carbons (Fsp3) is 0.741. The lowest BCUT2D eigenvalue weighted by atomic mass is 9.78. The number of likely N-dealkylation sites (tertiary alicyclic amines) is 1. The molecule has 2 saturated heterocycles. The van der Waals surface area contributed by atoms with Crippen LogP contribution in [0.1, 0.15) is 63.4 Å². The summed E-state index contributed by atoms with van der Waals surface area (Å²) < 4.78 is 5.58. The summed E-state index contributed by atoms with van der Waals surface area (Å²) in [5.74, 6) is 0.696. The first-order valence-electron chi connectivity index (χ1n) is 13.4. The van der Waals surface area contributed by atoms with Gasteiger partial charge in [-0.15, -0.1) is 0 Å². The Labute approximate surface area is 203 Å². The number of aryl methyl sites for hydroxylation is 1. The van der Waals surface area contributed by atoms with Crippen LogP contribution < -0.4 is 5.32 Å². The van der Waals surface area contributed by atoms with Gasteiger partial charge in [-0.1, -0.05) is 19.3 Å². The van der Waals surface area contributed by atoms with E-state index in [-0.39, 0.29) is 22.8 Å². The topological polar surface area (TPSA) is 74.8 Å². The van der Waals surface area contributed by atoms with Crippen molar-refractivity contribution >= 4 is 11.8 Å². The number of hydrogen-bond acceptors (Lipinski definition) is 5. The number of amides is 2. The number of hydrogen-bond donors (Lipinski definition) is 1. The summed E-state index contributed by atoms with van der Waals surface area (Å²) in [6.45, 7) is 5.53. The molecule has 4 aliphatic rings. The lowest BCUT2D eigenvalue weighted by Crippen LogP contribution is -2.63. The van der Waals surface area contributed by atoms with Gasteiger partial charge in [-0.05, 0) is 68.1 Å². The van der Waals surface area contributed by atoms with Gasteiger partial charge in [0.15, 0.2) is 0 Å². The normalized spacial score (nSPS) is 26.2. The molecule has 1 aromatic rings. The minimum atomic E-state index is -0.318. The van der Waals surface area contributed by atoms with Gasteiger partial charge in [0.1, 0.15) is 5.54 Å². The van der Waals surface area contributed by atoms with Gasteiger partial charge < -0.3 is 15.0 Å². The molecule has 1 spiro atoms. The zero-order valence-corrected chi connectivity index (χ0v) is 20.5. The average Bonchev–Trinajstić information content (AvgIpc) is 3.61. The van der Waals surface area contributed by atoms with Crippen LogP contribution in [0.25, 0.3) is 0 Å². The Hall–Kier alpha value is -1.99. The summed E-state index contributed by atoms with van der Waals surface area (Å²) in [6, 6.07) is 4.06. The molecule has 0 aromatic carbocycles. The van der Waals surface area contributed by atoms with Crippen LogP contribution in [0.4, 0.5) is 0 Å². The van der Waals surface area contributed by atoms with Gasteiger partial charge in [0, 0.05) is 51.0 Å². The highest BCUT2D eigenvalue weighted by molar-refractivity contribution is 5.87. The first-order valence-corrected chi connectivity index (χ1v) is 13.4. The first kappa shape index (κ1) is 23.7. The maximum Gasteiger partial charge on any atom is 0.243 e. The number of carbonyl (C=O) groups is 2. The summed E-state index contributed by atoms with van der Waals surface area (Å²) >= 11 is 0. The van der Waals surface area contributed by atoms with Gasteiger partial charge in [0.25, 0.3) is 0 Å². The van der Waals surface area contributed by atoms with E-state index in [1.807, 2.05) is 24.5 Å². The molecule has 2 saturated carbocycles. The zero-order chi connectivity index (χ0) is 23.4. The number of aromatic nitrogens is 1. The molecule has 3 heterocycles. The Morgan fingerprint density at radius 2 is 1.71 bits per heavy atom. The highest BCUT2D eigenvalue weighted by Crippen LogP contribution is 2.59. The summed E-state index contributed by atoms with van der Waals surface area (Å²) in [5.41, 5.74) is 1.07. The molecule has 34 heavy (non-hydrogen) atoms. The van der Waals surface area contributed by atoms with E-state index in [1.165, 1.54) is 12.0 Å². The molecular weight excluding hydrogens is 428 g/mol. The van der Waals surface area contributed by atoms with Gasteiger partial charge in [-0.25, -0.2) is 0 Å². The fourth-order valence-corrected chi connectivity index (χ4v) is 6.69. The third-order valence-electron chi connectivity index (χ3n) is 8.94. The van der Waals surface area contributed by atoms with Gasteiger partial charge in [-0.3, -0.25) is 19.5 Å². The second-order valence-electron chi connectivity index (χ2n) is 10.9. The summed E-state index contributed by atoms with van der Waals surface area (Å²) in [4.78, 5) is 35.3. The quantitative estimate of drug-likeness (QED) is 0.623. The van der Waals surface area contributed by atoms with E-state index >= 15 is 0 Å². The van der Waals surface area contributed by atoms with Crippen molar-refractivity contribution in [1.82, 2.24) is 20.1 Å². The SMILES string of the molecule is O=C(NCCCc1ccncc1)[C@H]1CC12CCN(C(=O)C1(N3CCOCC3)CCCCC1)CC2. The highest BCUT2D eigenvalue weighted by Gasteiger charge is 2.59. The minimum absolute atomic E-state index is 0.130. The van der Waals surface area contributed by atoms with Gasteiger partial charge in [0.05, 0.1) is 13.2 Å². The third-order valence-corrected chi connectivity index (χ3v) is 8.94. The number of nitrogens with one attached hydrogen (secondary N) is 1.